The summed E-state index contributed by atoms with van der Waals surface area (Å²) in [6, 6.07) is 3.96. The molecule has 2 unspecified atom stereocenters. The number of anilines is 2. The van der Waals surface area contributed by atoms with Crippen molar-refractivity contribution in [3.05, 3.63) is 12.1 Å². The maximum atomic E-state index is 9.45. The van der Waals surface area contributed by atoms with E-state index in [0.717, 1.165) is 18.5 Å². The SMILES string of the molecule is Nc1ccc(NC2CCCCC2CO)c2nonc12. The minimum atomic E-state index is 0.215. The van der Waals surface area contributed by atoms with Crippen LogP contribution in [0.3, 0.4) is 0 Å². The average Bonchev–Trinajstić information content (AvgIpc) is 2.93. The molecule has 1 heterocycles. The lowest BCUT2D eigenvalue weighted by molar-refractivity contribution is 0.178. The summed E-state index contributed by atoms with van der Waals surface area (Å²) in [6.45, 7) is 0.215. The monoisotopic (exact) mass is 262 g/mol. The molecule has 1 aromatic carbocycles. The number of aliphatic hydroxyl groups excluding tert-OH is 1. The molecule has 0 amide bonds. The first-order chi connectivity index (χ1) is 9.29. The number of benzene rings is 1. The van der Waals surface area contributed by atoms with Crippen LogP contribution in [0.25, 0.3) is 11.0 Å². The Bertz CT molecular complexity index is 569. The van der Waals surface area contributed by atoms with Crippen LogP contribution in [-0.4, -0.2) is 28.1 Å². The predicted molar refractivity (Wildman–Crippen MR) is 72.7 cm³/mol. The van der Waals surface area contributed by atoms with Gasteiger partial charge in [-0.1, -0.05) is 12.8 Å². The number of nitrogens with two attached hydrogens (primary N) is 1. The zero-order chi connectivity index (χ0) is 13.2. The van der Waals surface area contributed by atoms with Crippen LogP contribution in [-0.2, 0) is 0 Å². The average molecular weight is 262 g/mol. The fraction of sp³-hybridized carbons (Fsp3) is 0.538. The summed E-state index contributed by atoms with van der Waals surface area (Å²) < 4.78 is 4.76. The molecule has 2 aromatic rings. The first-order valence-corrected chi connectivity index (χ1v) is 6.67. The second kappa shape index (κ2) is 5.05. The lowest BCUT2D eigenvalue weighted by atomic mass is 9.85. The maximum Gasteiger partial charge on any atom is 0.160 e. The first-order valence-electron chi connectivity index (χ1n) is 6.67. The highest BCUT2D eigenvalue weighted by molar-refractivity contribution is 5.95. The molecular weight excluding hydrogens is 244 g/mol. The highest BCUT2D eigenvalue weighted by atomic mass is 16.6. The van der Waals surface area contributed by atoms with E-state index in [1.807, 2.05) is 6.07 Å². The van der Waals surface area contributed by atoms with Crippen LogP contribution in [0.4, 0.5) is 11.4 Å². The third kappa shape index (κ3) is 2.23. The third-order valence-electron chi connectivity index (χ3n) is 3.93. The highest BCUT2D eigenvalue weighted by Crippen LogP contribution is 2.30. The van der Waals surface area contributed by atoms with E-state index in [4.69, 9.17) is 10.4 Å². The van der Waals surface area contributed by atoms with Crippen molar-refractivity contribution in [1.82, 2.24) is 10.3 Å². The van der Waals surface area contributed by atoms with E-state index in [1.165, 1.54) is 12.8 Å². The van der Waals surface area contributed by atoms with Gasteiger partial charge in [0.25, 0.3) is 0 Å². The lowest BCUT2D eigenvalue weighted by Crippen LogP contribution is -2.34. The van der Waals surface area contributed by atoms with Gasteiger partial charge in [-0.25, -0.2) is 4.63 Å². The predicted octanol–water partition coefficient (Wildman–Crippen LogP) is 1.77. The molecule has 0 aliphatic heterocycles. The molecule has 0 radical (unpaired) electrons. The minimum absolute atomic E-state index is 0.215. The van der Waals surface area contributed by atoms with Gasteiger partial charge in [-0.3, -0.25) is 0 Å². The van der Waals surface area contributed by atoms with Gasteiger partial charge in [0.15, 0.2) is 11.0 Å². The van der Waals surface area contributed by atoms with Crippen molar-refractivity contribution in [1.29, 1.82) is 0 Å². The Morgan fingerprint density at radius 3 is 2.89 bits per heavy atom. The van der Waals surface area contributed by atoms with Crippen molar-refractivity contribution in [3.8, 4) is 0 Å². The molecule has 6 heteroatoms. The summed E-state index contributed by atoms with van der Waals surface area (Å²) in [7, 11) is 0. The second-order valence-corrected chi connectivity index (χ2v) is 5.14. The molecule has 1 fully saturated rings. The van der Waals surface area contributed by atoms with Crippen molar-refractivity contribution >= 4 is 22.4 Å². The van der Waals surface area contributed by atoms with Crippen molar-refractivity contribution < 1.29 is 9.74 Å². The van der Waals surface area contributed by atoms with Crippen LogP contribution < -0.4 is 11.1 Å². The Hall–Kier alpha value is -1.82. The number of hydrogen-bond donors (Lipinski definition) is 3. The number of hydrogen-bond acceptors (Lipinski definition) is 6. The molecule has 1 saturated carbocycles. The van der Waals surface area contributed by atoms with Gasteiger partial charge in [0.2, 0.25) is 0 Å². The van der Waals surface area contributed by atoms with Gasteiger partial charge in [-0.2, -0.15) is 0 Å². The Kier molecular flexibility index (Phi) is 3.25. The molecule has 0 saturated heterocycles. The number of nitrogen functional groups attached to an aromatic ring is 1. The molecule has 19 heavy (non-hydrogen) atoms. The molecule has 0 bridgehead atoms. The molecule has 6 nitrogen and oxygen atoms in total. The van der Waals surface area contributed by atoms with Crippen molar-refractivity contribution in [2.45, 2.75) is 31.7 Å². The number of aliphatic hydroxyl groups is 1. The van der Waals surface area contributed by atoms with Crippen molar-refractivity contribution in [3.63, 3.8) is 0 Å². The van der Waals surface area contributed by atoms with Crippen LogP contribution in [0, 0.1) is 5.92 Å². The molecule has 4 N–H and O–H groups in total. The highest BCUT2D eigenvalue weighted by Gasteiger charge is 2.25. The van der Waals surface area contributed by atoms with Crippen LogP contribution in [0.2, 0.25) is 0 Å². The molecule has 0 spiro atoms. The molecule has 2 atom stereocenters. The second-order valence-electron chi connectivity index (χ2n) is 5.14. The minimum Gasteiger partial charge on any atom is -0.397 e. The first kappa shape index (κ1) is 12.2. The number of nitrogens with one attached hydrogen (secondary N) is 1. The van der Waals surface area contributed by atoms with E-state index < -0.39 is 0 Å². The third-order valence-corrected chi connectivity index (χ3v) is 3.93. The van der Waals surface area contributed by atoms with Gasteiger partial charge in [0, 0.05) is 18.6 Å². The normalized spacial score (nSPS) is 23.6. The fourth-order valence-electron chi connectivity index (χ4n) is 2.82. The van der Waals surface area contributed by atoms with Gasteiger partial charge in [-0.05, 0) is 35.3 Å². The van der Waals surface area contributed by atoms with Crippen LogP contribution in [0.1, 0.15) is 25.7 Å². The summed E-state index contributed by atoms with van der Waals surface area (Å²) in [5, 5.41) is 20.6. The van der Waals surface area contributed by atoms with E-state index in [0.29, 0.717) is 22.6 Å². The number of aromatic nitrogens is 2. The molecule has 1 aliphatic carbocycles. The molecule has 1 aliphatic rings. The van der Waals surface area contributed by atoms with Gasteiger partial charge in [0.05, 0.1) is 11.4 Å². The number of fused-ring (bicyclic) bond motifs is 1. The van der Waals surface area contributed by atoms with Crippen LogP contribution in [0.15, 0.2) is 16.8 Å². The molecule has 3 rings (SSSR count). The van der Waals surface area contributed by atoms with Crippen LogP contribution >= 0.6 is 0 Å². The maximum absolute atomic E-state index is 9.45. The van der Waals surface area contributed by atoms with E-state index in [9.17, 15) is 5.11 Å². The molecular formula is C13H18N4O2. The lowest BCUT2D eigenvalue weighted by Gasteiger charge is -2.31. The quantitative estimate of drug-likeness (QED) is 0.729. The summed E-state index contributed by atoms with van der Waals surface area (Å²) >= 11 is 0. The van der Waals surface area contributed by atoms with Gasteiger partial charge < -0.3 is 16.2 Å². The smallest absolute Gasteiger partial charge is 0.160 e. The largest absolute Gasteiger partial charge is 0.397 e. The van der Waals surface area contributed by atoms with E-state index in [1.54, 1.807) is 6.07 Å². The standard InChI is InChI=1S/C13H18N4O2/c14-9-5-6-11(13-12(9)16-19-17-13)15-10-4-2-1-3-8(10)7-18/h5-6,8,10,15,18H,1-4,7,14H2. The Labute approximate surface area is 110 Å². The van der Waals surface area contributed by atoms with Crippen LogP contribution in [0.5, 0.6) is 0 Å². The zero-order valence-electron chi connectivity index (χ0n) is 10.7. The zero-order valence-corrected chi connectivity index (χ0v) is 10.7. The Morgan fingerprint density at radius 1 is 1.26 bits per heavy atom. The molecule has 1 aromatic heterocycles. The summed E-state index contributed by atoms with van der Waals surface area (Å²) in [4.78, 5) is 0. The van der Waals surface area contributed by atoms with Crippen molar-refractivity contribution in [2.75, 3.05) is 17.7 Å². The fourth-order valence-corrected chi connectivity index (χ4v) is 2.82. The van der Waals surface area contributed by atoms with Gasteiger partial charge in [-0.15, -0.1) is 0 Å². The Balaban J connectivity index is 1.88. The van der Waals surface area contributed by atoms with E-state index in [2.05, 4.69) is 15.6 Å². The van der Waals surface area contributed by atoms with Gasteiger partial charge >= 0.3 is 0 Å². The Morgan fingerprint density at radius 2 is 2.05 bits per heavy atom. The summed E-state index contributed by atoms with van der Waals surface area (Å²) in [5.74, 6) is 0.293. The summed E-state index contributed by atoms with van der Waals surface area (Å²) in [6.07, 6.45) is 4.49. The van der Waals surface area contributed by atoms with Gasteiger partial charge in [0.1, 0.15) is 0 Å². The molecule has 102 valence electrons. The van der Waals surface area contributed by atoms with E-state index in [-0.39, 0.29) is 12.6 Å². The number of nitrogens with zero attached hydrogens (tertiary/aromatic N) is 2. The van der Waals surface area contributed by atoms with Crippen molar-refractivity contribution in [2.24, 2.45) is 5.92 Å². The number of rotatable bonds is 3. The van der Waals surface area contributed by atoms with E-state index >= 15 is 0 Å². The summed E-state index contributed by atoms with van der Waals surface area (Å²) in [5.41, 5.74) is 8.50. The topological polar surface area (TPSA) is 97.2 Å².